The molecule has 0 aliphatic heterocycles. The summed E-state index contributed by atoms with van der Waals surface area (Å²) in [7, 11) is 0. The first-order valence-corrected chi connectivity index (χ1v) is 9.50. The Bertz CT molecular complexity index is 963. The first kappa shape index (κ1) is 16.8. The minimum atomic E-state index is -0.467. The third-order valence-electron chi connectivity index (χ3n) is 4.55. The molecule has 0 atom stereocenters. The Hall–Kier alpha value is -2.67. The van der Waals surface area contributed by atoms with E-state index in [1.165, 1.54) is 17.7 Å². The number of amides is 1. The van der Waals surface area contributed by atoms with Gasteiger partial charge in [0.1, 0.15) is 12.1 Å². The number of hydrogen-bond donors (Lipinski definition) is 2. The van der Waals surface area contributed by atoms with Gasteiger partial charge in [-0.15, -0.1) is 11.3 Å². The maximum absolute atomic E-state index is 11.6. The van der Waals surface area contributed by atoms with Crippen LogP contribution in [0.2, 0.25) is 0 Å². The van der Waals surface area contributed by atoms with E-state index in [9.17, 15) is 4.79 Å². The minimum absolute atomic E-state index is 0.174. The number of anilines is 2. The van der Waals surface area contributed by atoms with Crippen molar-refractivity contribution >= 4 is 39.0 Å². The molecule has 1 saturated carbocycles. The average Bonchev–Trinajstić information content (AvgIpc) is 3.25. The number of primary amides is 1. The topological polar surface area (TPSA) is 90.1 Å². The molecule has 7 heteroatoms. The van der Waals surface area contributed by atoms with E-state index in [4.69, 9.17) is 10.5 Å². The second kappa shape index (κ2) is 6.92. The van der Waals surface area contributed by atoms with E-state index >= 15 is 0 Å². The standard InChI is InChI=1S/C19H20N4O2S/c1-11-8-15-17(26-11)19(22-10-21-15)23-14-7-6-12(18(20)24)9-16(14)25-13-4-2-3-5-13/h6-10,13H,2-5H2,1H3,(H2,20,24)(H,21,22,23). The number of aryl methyl sites for hydroxylation is 1. The summed E-state index contributed by atoms with van der Waals surface area (Å²) in [6, 6.07) is 7.27. The number of aromatic nitrogens is 2. The van der Waals surface area contributed by atoms with Crippen LogP contribution >= 0.6 is 11.3 Å². The molecule has 2 aromatic heterocycles. The zero-order valence-corrected chi connectivity index (χ0v) is 15.3. The number of nitrogens with two attached hydrogens (primary N) is 1. The molecule has 0 bridgehead atoms. The number of hydrogen-bond acceptors (Lipinski definition) is 6. The molecule has 1 fully saturated rings. The molecule has 0 spiro atoms. The third-order valence-corrected chi connectivity index (χ3v) is 5.60. The summed E-state index contributed by atoms with van der Waals surface area (Å²) < 4.78 is 7.17. The normalized spacial score (nSPS) is 14.7. The molecule has 3 N–H and O–H groups in total. The highest BCUT2D eigenvalue weighted by molar-refractivity contribution is 7.19. The van der Waals surface area contributed by atoms with Gasteiger partial charge in [-0.2, -0.15) is 0 Å². The number of ether oxygens (including phenoxy) is 1. The lowest BCUT2D eigenvalue weighted by Gasteiger charge is -2.18. The van der Waals surface area contributed by atoms with E-state index in [1.54, 1.807) is 29.8 Å². The zero-order valence-electron chi connectivity index (χ0n) is 14.5. The molecule has 1 aliphatic rings. The third kappa shape index (κ3) is 3.35. The highest BCUT2D eigenvalue weighted by Gasteiger charge is 2.19. The Labute approximate surface area is 155 Å². The minimum Gasteiger partial charge on any atom is -0.488 e. The molecule has 134 valence electrons. The van der Waals surface area contributed by atoms with Crippen molar-refractivity contribution in [1.29, 1.82) is 0 Å². The summed E-state index contributed by atoms with van der Waals surface area (Å²) in [4.78, 5) is 21.4. The van der Waals surface area contributed by atoms with Crippen molar-refractivity contribution in [3.63, 3.8) is 0 Å². The summed E-state index contributed by atoms with van der Waals surface area (Å²) in [5.74, 6) is 0.899. The van der Waals surface area contributed by atoms with Crippen molar-refractivity contribution < 1.29 is 9.53 Å². The lowest BCUT2D eigenvalue weighted by molar-refractivity contribution is 0.0999. The molecule has 1 aliphatic carbocycles. The molecular weight excluding hydrogens is 348 g/mol. The van der Waals surface area contributed by atoms with Gasteiger partial charge in [0, 0.05) is 10.4 Å². The van der Waals surface area contributed by atoms with Gasteiger partial charge in [0.15, 0.2) is 5.82 Å². The summed E-state index contributed by atoms with van der Waals surface area (Å²) in [6.07, 6.45) is 6.12. The van der Waals surface area contributed by atoms with E-state index in [0.717, 1.165) is 34.6 Å². The van der Waals surface area contributed by atoms with E-state index in [2.05, 4.69) is 15.3 Å². The van der Waals surface area contributed by atoms with Gasteiger partial charge in [0.05, 0.1) is 22.0 Å². The largest absolute Gasteiger partial charge is 0.488 e. The van der Waals surface area contributed by atoms with Gasteiger partial charge in [-0.25, -0.2) is 9.97 Å². The summed E-state index contributed by atoms with van der Waals surface area (Å²) in [5, 5.41) is 3.35. The highest BCUT2D eigenvalue weighted by atomic mass is 32.1. The molecule has 0 unspecified atom stereocenters. The highest BCUT2D eigenvalue weighted by Crippen LogP contribution is 2.35. The molecule has 0 saturated heterocycles. The Morgan fingerprint density at radius 1 is 1.27 bits per heavy atom. The van der Waals surface area contributed by atoms with Crippen LogP contribution in [0.3, 0.4) is 0 Å². The number of fused-ring (bicyclic) bond motifs is 1. The predicted molar refractivity (Wildman–Crippen MR) is 103 cm³/mol. The molecule has 2 heterocycles. The fraction of sp³-hybridized carbons (Fsp3) is 0.316. The van der Waals surface area contributed by atoms with Crippen LogP contribution in [0.5, 0.6) is 5.75 Å². The van der Waals surface area contributed by atoms with Crippen LogP contribution < -0.4 is 15.8 Å². The smallest absolute Gasteiger partial charge is 0.248 e. The van der Waals surface area contributed by atoms with Gasteiger partial charge in [-0.1, -0.05) is 0 Å². The van der Waals surface area contributed by atoms with Crippen LogP contribution in [0, 0.1) is 6.92 Å². The molecule has 0 radical (unpaired) electrons. The lowest BCUT2D eigenvalue weighted by atomic mass is 10.1. The first-order valence-electron chi connectivity index (χ1n) is 8.69. The number of rotatable bonds is 5. The predicted octanol–water partition coefficient (Wildman–Crippen LogP) is 4.16. The van der Waals surface area contributed by atoms with Gasteiger partial charge >= 0.3 is 0 Å². The number of nitrogens with zero attached hydrogens (tertiary/aromatic N) is 2. The van der Waals surface area contributed by atoms with Gasteiger partial charge < -0.3 is 15.8 Å². The SMILES string of the molecule is Cc1cc2ncnc(Nc3ccc(C(N)=O)cc3OC3CCCC3)c2s1. The summed E-state index contributed by atoms with van der Waals surface area (Å²) in [6.45, 7) is 2.05. The van der Waals surface area contributed by atoms with Crippen molar-refractivity contribution in [2.75, 3.05) is 5.32 Å². The summed E-state index contributed by atoms with van der Waals surface area (Å²) in [5.41, 5.74) is 7.56. The molecule has 1 aromatic carbocycles. The van der Waals surface area contributed by atoms with Gasteiger partial charge in [0.25, 0.3) is 0 Å². The first-order chi connectivity index (χ1) is 12.6. The summed E-state index contributed by atoms with van der Waals surface area (Å²) >= 11 is 1.64. The Morgan fingerprint density at radius 2 is 2.08 bits per heavy atom. The van der Waals surface area contributed by atoms with Crippen LogP contribution in [-0.2, 0) is 0 Å². The van der Waals surface area contributed by atoms with E-state index in [-0.39, 0.29) is 6.10 Å². The number of nitrogens with one attached hydrogen (secondary N) is 1. The van der Waals surface area contributed by atoms with Gasteiger partial charge in [0.2, 0.25) is 5.91 Å². The van der Waals surface area contributed by atoms with E-state index in [0.29, 0.717) is 11.3 Å². The van der Waals surface area contributed by atoms with Crippen molar-refractivity contribution in [2.24, 2.45) is 5.73 Å². The number of carbonyl (C=O) groups is 1. The average molecular weight is 368 g/mol. The van der Waals surface area contributed by atoms with Crippen molar-refractivity contribution in [3.8, 4) is 5.75 Å². The van der Waals surface area contributed by atoms with Gasteiger partial charge in [-0.05, 0) is 56.9 Å². The second-order valence-corrected chi connectivity index (χ2v) is 7.77. The molecule has 4 rings (SSSR count). The zero-order chi connectivity index (χ0) is 18.1. The van der Waals surface area contributed by atoms with Crippen molar-refractivity contribution in [1.82, 2.24) is 9.97 Å². The number of benzene rings is 1. The van der Waals surface area contributed by atoms with Crippen LogP contribution in [0.4, 0.5) is 11.5 Å². The maximum Gasteiger partial charge on any atom is 0.248 e. The molecule has 3 aromatic rings. The fourth-order valence-electron chi connectivity index (χ4n) is 3.25. The van der Waals surface area contributed by atoms with Crippen LogP contribution in [0.1, 0.15) is 40.9 Å². The Kier molecular flexibility index (Phi) is 4.46. The molecule has 1 amide bonds. The monoisotopic (exact) mass is 368 g/mol. The lowest BCUT2D eigenvalue weighted by Crippen LogP contribution is -2.15. The van der Waals surface area contributed by atoms with E-state index in [1.807, 2.05) is 19.1 Å². The maximum atomic E-state index is 11.6. The molecule has 6 nitrogen and oxygen atoms in total. The fourth-order valence-corrected chi connectivity index (χ4v) is 4.16. The van der Waals surface area contributed by atoms with Crippen LogP contribution in [0.15, 0.2) is 30.6 Å². The van der Waals surface area contributed by atoms with Crippen LogP contribution in [-0.4, -0.2) is 22.0 Å². The quantitative estimate of drug-likeness (QED) is 0.705. The number of carbonyl (C=O) groups excluding carboxylic acids is 1. The van der Waals surface area contributed by atoms with Gasteiger partial charge in [-0.3, -0.25) is 4.79 Å². The Morgan fingerprint density at radius 3 is 2.85 bits per heavy atom. The Balaban J connectivity index is 1.70. The molecular formula is C19H20N4O2S. The molecule has 26 heavy (non-hydrogen) atoms. The second-order valence-electron chi connectivity index (χ2n) is 6.52. The van der Waals surface area contributed by atoms with Crippen molar-refractivity contribution in [3.05, 3.63) is 41.0 Å². The van der Waals surface area contributed by atoms with Crippen molar-refractivity contribution in [2.45, 2.75) is 38.7 Å². The van der Waals surface area contributed by atoms with Crippen LogP contribution in [0.25, 0.3) is 10.2 Å². The number of thiophene rings is 1. The van der Waals surface area contributed by atoms with E-state index < -0.39 is 5.91 Å².